The van der Waals surface area contributed by atoms with Crippen LogP contribution >= 0.6 is 23.2 Å². The Balaban J connectivity index is 2.30. The van der Waals surface area contributed by atoms with Gasteiger partial charge in [-0.2, -0.15) is 0 Å². The summed E-state index contributed by atoms with van der Waals surface area (Å²) in [5, 5.41) is 3.51. The summed E-state index contributed by atoms with van der Waals surface area (Å²) >= 11 is 12.1. The van der Waals surface area contributed by atoms with Gasteiger partial charge in [0.2, 0.25) is 0 Å². The lowest BCUT2D eigenvalue weighted by Crippen LogP contribution is -2.13. The predicted molar refractivity (Wildman–Crippen MR) is 84.1 cm³/mol. The van der Waals surface area contributed by atoms with Crippen molar-refractivity contribution in [3.05, 3.63) is 71.0 Å². The Morgan fingerprint density at radius 2 is 1.84 bits per heavy atom. The number of allylic oxidation sites excluding steroid dienone is 1. The van der Waals surface area contributed by atoms with Crippen LogP contribution in [0.15, 0.2) is 65.4 Å². The van der Waals surface area contributed by atoms with Crippen LogP contribution in [0.25, 0.3) is 10.8 Å². The van der Waals surface area contributed by atoms with E-state index in [-0.39, 0.29) is 0 Å². The van der Waals surface area contributed by atoms with E-state index in [2.05, 4.69) is 36.9 Å². The van der Waals surface area contributed by atoms with E-state index in [4.69, 9.17) is 23.2 Å². The molecule has 0 atom stereocenters. The Morgan fingerprint density at radius 3 is 2.47 bits per heavy atom. The summed E-state index contributed by atoms with van der Waals surface area (Å²) in [4.78, 5) is 1.83. The largest absolute Gasteiger partial charge is 0.334 e. The van der Waals surface area contributed by atoms with Crippen molar-refractivity contribution in [1.29, 1.82) is 0 Å². The van der Waals surface area contributed by atoms with Gasteiger partial charge in [0.25, 0.3) is 0 Å². The fourth-order valence-electron chi connectivity index (χ4n) is 1.95. The molecule has 0 heterocycles. The van der Waals surface area contributed by atoms with E-state index in [1.807, 2.05) is 17.0 Å². The number of fused-ring (bicyclic) bond motifs is 1. The molecule has 1 nitrogen and oxygen atoms in total. The molecule has 0 aliphatic rings. The smallest absolute Gasteiger partial charge is 0.123 e. The van der Waals surface area contributed by atoms with Crippen molar-refractivity contribution >= 4 is 34.0 Å². The van der Waals surface area contributed by atoms with Crippen LogP contribution in [0.2, 0.25) is 0 Å². The summed E-state index contributed by atoms with van der Waals surface area (Å²) in [5.41, 5.74) is 1.16. The molecule has 0 aliphatic carbocycles. The van der Waals surface area contributed by atoms with Gasteiger partial charge in [-0.1, -0.05) is 66.2 Å². The van der Waals surface area contributed by atoms with Gasteiger partial charge in [0, 0.05) is 6.54 Å². The highest BCUT2D eigenvalue weighted by Crippen LogP contribution is 2.22. The van der Waals surface area contributed by atoms with E-state index in [1.165, 1.54) is 10.8 Å². The standard InChI is InChI=1S/C16H15Cl2N/c1-3-19(16(18)12(2)17)11-13-8-9-14-6-4-5-7-15(14)10-13/h3-10H,1,11H2,2H3/b16-12+. The molecule has 0 amide bonds. The zero-order chi connectivity index (χ0) is 13.8. The first-order valence-corrected chi connectivity index (χ1v) is 6.76. The molecule has 3 heteroatoms. The van der Waals surface area contributed by atoms with E-state index >= 15 is 0 Å². The Kier molecular flexibility index (Phi) is 4.52. The predicted octanol–water partition coefficient (Wildman–Crippen LogP) is 5.45. The minimum Gasteiger partial charge on any atom is -0.334 e. The van der Waals surface area contributed by atoms with Gasteiger partial charge in [-0.25, -0.2) is 0 Å². The molecule has 0 saturated heterocycles. The van der Waals surface area contributed by atoms with Gasteiger partial charge in [0.05, 0.1) is 5.03 Å². The van der Waals surface area contributed by atoms with Gasteiger partial charge in [-0.05, 0) is 35.5 Å². The molecule has 19 heavy (non-hydrogen) atoms. The van der Waals surface area contributed by atoms with E-state index in [0.717, 1.165) is 5.56 Å². The second-order valence-electron chi connectivity index (χ2n) is 4.32. The molecule has 0 spiro atoms. The quantitative estimate of drug-likeness (QED) is 0.677. The third-order valence-corrected chi connectivity index (χ3v) is 3.70. The molecule has 0 bridgehead atoms. The maximum absolute atomic E-state index is 6.15. The Bertz CT molecular complexity index is 627. The van der Waals surface area contributed by atoms with E-state index < -0.39 is 0 Å². The van der Waals surface area contributed by atoms with Crippen LogP contribution in [0.1, 0.15) is 12.5 Å². The summed E-state index contributed by atoms with van der Waals surface area (Å²) in [6.07, 6.45) is 1.68. The first-order valence-electron chi connectivity index (χ1n) is 6.00. The Hall–Kier alpha value is -1.44. The van der Waals surface area contributed by atoms with Crippen molar-refractivity contribution in [1.82, 2.24) is 4.90 Å². The van der Waals surface area contributed by atoms with Gasteiger partial charge >= 0.3 is 0 Å². The molecule has 0 unspecified atom stereocenters. The molecule has 2 aromatic carbocycles. The van der Waals surface area contributed by atoms with Crippen molar-refractivity contribution in [3.8, 4) is 0 Å². The number of benzene rings is 2. The molecule has 2 rings (SSSR count). The number of hydrogen-bond acceptors (Lipinski definition) is 1. The number of hydrogen-bond donors (Lipinski definition) is 0. The van der Waals surface area contributed by atoms with E-state index in [0.29, 0.717) is 16.7 Å². The van der Waals surface area contributed by atoms with Gasteiger partial charge in [-0.15, -0.1) is 0 Å². The normalized spacial score (nSPS) is 12.2. The first-order chi connectivity index (χ1) is 9.11. The third kappa shape index (κ3) is 3.31. The minimum absolute atomic E-state index is 0.504. The highest BCUT2D eigenvalue weighted by molar-refractivity contribution is 6.38. The van der Waals surface area contributed by atoms with Crippen molar-refractivity contribution in [2.24, 2.45) is 0 Å². The van der Waals surface area contributed by atoms with Gasteiger partial charge in [0.15, 0.2) is 0 Å². The molecular weight excluding hydrogens is 277 g/mol. The topological polar surface area (TPSA) is 3.24 Å². The highest BCUT2D eigenvalue weighted by Gasteiger charge is 2.07. The summed E-state index contributed by atoms with van der Waals surface area (Å²) in [5.74, 6) is 0. The molecule has 0 aromatic heterocycles. The van der Waals surface area contributed by atoms with Crippen LogP contribution in [0, 0.1) is 0 Å². The number of rotatable bonds is 4. The zero-order valence-corrected chi connectivity index (χ0v) is 12.2. The van der Waals surface area contributed by atoms with Gasteiger partial charge in [0.1, 0.15) is 5.16 Å². The maximum Gasteiger partial charge on any atom is 0.123 e. The Labute approximate surface area is 123 Å². The monoisotopic (exact) mass is 291 g/mol. The molecule has 0 radical (unpaired) electrons. The lowest BCUT2D eigenvalue weighted by Gasteiger charge is -2.20. The van der Waals surface area contributed by atoms with Gasteiger partial charge < -0.3 is 4.90 Å². The molecule has 0 saturated carbocycles. The van der Waals surface area contributed by atoms with E-state index in [1.54, 1.807) is 13.1 Å². The van der Waals surface area contributed by atoms with Crippen molar-refractivity contribution < 1.29 is 0 Å². The summed E-state index contributed by atoms with van der Waals surface area (Å²) in [6.45, 7) is 6.19. The summed E-state index contributed by atoms with van der Waals surface area (Å²) in [7, 11) is 0. The van der Waals surface area contributed by atoms with Gasteiger partial charge in [-0.3, -0.25) is 0 Å². The lowest BCUT2D eigenvalue weighted by atomic mass is 10.1. The molecule has 98 valence electrons. The second kappa shape index (κ2) is 6.14. The average Bonchev–Trinajstić information content (AvgIpc) is 2.43. The minimum atomic E-state index is 0.504. The third-order valence-electron chi connectivity index (χ3n) is 2.92. The van der Waals surface area contributed by atoms with Crippen LogP contribution in [-0.2, 0) is 6.54 Å². The van der Waals surface area contributed by atoms with Crippen LogP contribution in [0.3, 0.4) is 0 Å². The maximum atomic E-state index is 6.15. The fourth-order valence-corrected chi connectivity index (χ4v) is 2.18. The van der Waals surface area contributed by atoms with Crippen LogP contribution in [-0.4, -0.2) is 4.90 Å². The van der Waals surface area contributed by atoms with Crippen molar-refractivity contribution in [2.75, 3.05) is 0 Å². The fraction of sp³-hybridized carbons (Fsp3) is 0.125. The summed E-state index contributed by atoms with van der Waals surface area (Å²) in [6, 6.07) is 14.6. The second-order valence-corrected chi connectivity index (χ2v) is 5.24. The SMILES string of the molecule is C=CN(Cc1ccc2ccccc2c1)/C(Cl)=C(\C)Cl. The number of halogens is 2. The van der Waals surface area contributed by atoms with Crippen molar-refractivity contribution in [3.63, 3.8) is 0 Å². The van der Waals surface area contributed by atoms with Crippen LogP contribution in [0.4, 0.5) is 0 Å². The molecule has 0 fully saturated rings. The molecule has 0 aliphatic heterocycles. The zero-order valence-electron chi connectivity index (χ0n) is 10.7. The lowest BCUT2D eigenvalue weighted by molar-refractivity contribution is 0.487. The highest BCUT2D eigenvalue weighted by atomic mass is 35.5. The number of nitrogens with zero attached hydrogens (tertiary/aromatic N) is 1. The average molecular weight is 292 g/mol. The molecule has 0 N–H and O–H groups in total. The molecular formula is C16H15Cl2N. The van der Waals surface area contributed by atoms with Crippen LogP contribution in [0.5, 0.6) is 0 Å². The molecule has 2 aromatic rings. The van der Waals surface area contributed by atoms with Crippen molar-refractivity contribution in [2.45, 2.75) is 13.5 Å². The van der Waals surface area contributed by atoms with E-state index in [9.17, 15) is 0 Å². The first kappa shape index (κ1) is 14.0. The Morgan fingerprint density at radius 1 is 1.16 bits per heavy atom. The van der Waals surface area contributed by atoms with Crippen LogP contribution < -0.4 is 0 Å². The summed E-state index contributed by atoms with van der Waals surface area (Å²) < 4.78 is 0.